The molecule has 4 nitrogen and oxygen atoms in total. The van der Waals surface area contributed by atoms with Crippen LogP contribution in [-0.4, -0.2) is 22.5 Å². The van der Waals surface area contributed by atoms with Crippen molar-refractivity contribution in [2.75, 3.05) is 0 Å². The Hall–Kier alpha value is -1.84. The molecule has 1 amide bonds. The standard InChI is InChI=1S/C17H23NO3/c1-17(11-5-2-6-12-17)18-15(19)10-9-13-7-3-4-8-14(13)16(20)21/h3-4,7-8H,2,5-6,9-12H2,1H3,(H,18,19)(H,20,21). The Morgan fingerprint density at radius 2 is 1.86 bits per heavy atom. The van der Waals surface area contributed by atoms with E-state index in [1.54, 1.807) is 18.2 Å². The molecule has 4 heteroatoms. The molecule has 2 N–H and O–H groups in total. The average molecular weight is 289 g/mol. The van der Waals surface area contributed by atoms with Crippen LogP contribution < -0.4 is 5.32 Å². The van der Waals surface area contributed by atoms with Gasteiger partial charge in [0.15, 0.2) is 0 Å². The Morgan fingerprint density at radius 1 is 1.19 bits per heavy atom. The highest BCUT2D eigenvalue weighted by Crippen LogP contribution is 2.27. The maximum absolute atomic E-state index is 12.1. The van der Waals surface area contributed by atoms with Crippen molar-refractivity contribution in [2.24, 2.45) is 0 Å². The molecule has 2 rings (SSSR count). The van der Waals surface area contributed by atoms with E-state index in [9.17, 15) is 9.59 Å². The third-order valence-electron chi connectivity index (χ3n) is 4.27. The van der Waals surface area contributed by atoms with Crippen molar-refractivity contribution >= 4 is 11.9 Å². The van der Waals surface area contributed by atoms with Crippen LogP contribution in [0.1, 0.15) is 61.4 Å². The minimum atomic E-state index is -0.940. The number of benzene rings is 1. The lowest BCUT2D eigenvalue weighted by atomic mass is 9.83. The van der Waals surface area contributed by atoms with Gasteiger partial charge in [-0.25, -0.2) is 4.79 Å². The number of rotatable bonds is 5. The fraction of sp³-hybridized carbons (Fsp3) is 0.529. The van der Waals surface area contributed by atoms with Crippen molar-refractivity contribution in [3.63, 3.8) is 0 Å². The summed E-state index contributed by atoms with van der Waals surface area (Å²) in [5, 5.41) is 12.3. The summed E-state index contributed by atoms with van der Waals surface area (Å²) in [5.41, 5.74) is 0.921. The molecule has 1 aliphatic rings. The van der Waals surface area contributed by atoms with E-state index in [0.717, 1.165) is 12.8 Å². The fourth-order valence-electron chi connectivity index (χ4n) is 3.05. The Balaban J connectivity index is 1.91. The summed E-state index contributed by atoms with van der Waals surface area (Å²) in [4.78, 5) is 23.2. The summed E-state index contributed by atoms with van der Waals surface area (Å²) in [6.45, 7) is 2.11. The van der Waals surface area contributed by atoms with E-state index in [1.807, 2.05) is 6.07 Å². The van der Waals surface area contributed by atoms with Crippen LogP contribution in [-0.2, 0) is 11.2 Å². The highest BCUT2D eigenvalue weighted by molar-refractivity contribution is 5.89. The number of hydrogen-bond donors (Lipinski definition) is 2. The predicted molar refractivity (Wildman–Crippen MR) is 81.4 cm³/mol. The molecule has 114 valence electrons. The summed E-state index contributed by atoms with van der Waals surface area (Å²) >= 11 is 0. The maximum Gasteiger partial charge on any atom is 0.335 e. The number of carbonyl (C=O) groups is 2. The van der Waals surface area contributed by atoms with Crippen LogP contribution in [0, 0.1) is 0 Å². The first-order valence-electron chi connectivity index (χ1n) is 7.62. The topological polar surface area (TPSA) is 66.4 Å². The number of nitrogens with one attached hydrogen (secondary N) is 1. The van der Waals surface area contributed by atoms with Crippen LogP contribution in [0.5, 0.6) is 0 Å². The molecule has 0 saturated heterocycles. The lowest BCUT2D eigenvalue weighted by molar-refractivity contribution is -0.123. The second-order valence-electron chi connectivity index (χ2n) is 6.13. The van der Waals surface area contributed by atoms with Crippen LogP contribution in [0.2, 0.25) is 0 Å². The van der Waals surface area contributed by atoms with E-state index in [1.165, 1.54) is 19.3 Å². The van der Waals surface area contributed by atoms with E-state index in [0.29, 0.717) is 18.4 Å². The number of carbonyl (C=O) groups excluding carboxylic acids is 1. The normalized spacial score (nSPS) is 17.2. The molecule has 0 aromatic heterocycles. The van der Waals surface area contributed by atoms with Crippen molar-refractivity contribution in [1.29, 1.82) is 0 Å². The lowest BCUT2D eigenvalue weighted by Crippen LogP contribution is -2.47. The van der Waals surface area contributed by atoms with Gasteiger partial charge in [-0.3, -0.25) is 4.79 Å². The number of hydrogen-bond acceptors (Lipinski definition) is 2. The summed E-state index contributed by atoms with van der Waals surface area (Å²) in [6.07, 6.45) is 6.44. The molecule has 1 saturated carbocycles. The number of carboxylic acids is 1. The van der Waals surface area contributed by atoms with E-state index in [4.69, 9.17) is 5.11 Å². The van der Waals surface area contributed by atoms with Crippen molar-refractivity contribution < 1.29 is 14.7 Å². The fourth-order valence-corrected chi connectivity index (χ4v) is 3.05. The second kappa shape index (κ2) is 6.74. The van der Waals surface area contributed by atoms with Crippen LogP contribution in [0.3, 0.4) is 0 Å². The zero-order chi connectivity index (χ0) is 15.3. The van der Waals surface area contributed by atoms with Crippen molar-refractivity contribution in [3.8, 4) is 0 Å². The molecule has 0 unspecified atom stereocenters. The highest BCUT2D eigenvalue weighted by Gasteiger charge is 2.28. The number of aryl methyl sites for hydroxylation is 1. The van der Waals surface area contributed by atoms with Crippen LogP contribution in [0.4, 0.5) is 0 Å². The van der Waals surface area contributed by atoms with Gasteiger partial charge in [-0.2, -0.15) is 0 Å². The monoisotopic (exact) mass is 289 g/mol. The molecule has 0 spiro atoms. The number of carboxylic acid groups (broad SMARTS) is 1. The molecule has 0 aliphatic heterocycles. The second-order valence-corrected chi connectivity index (χ2v) is 6.13. The first-order valence-corrected chi connectivity index (χ1v) is 7.62. The van der Waals surface area contributed by atoms with Crippen molar-refractivity contribution in [1.82, 2.24) is 5.32 Å². The molecule has 21 heavy (non-hydrogen) atoms. The molecule has 1 fully saturated rings. The van der Waals surface area contributed by atoms with Crippen LogP contribution in [0.25, 0.3) is 0 Å². The minimum absolute atomic E-state index is 0.0135. The Morgan fingerprint density at radius 3 is 2.52 bits per heavy atom. The van der Waals surface area contributed by atoms with Gasteiger partial charge in [-0.05, 0) is 37.8 Å². The Labute approximate surface area is 125 Å². The third-order valence-corrected chi connectivity index (χ3v) is 4.27. The van der Waals surface area contributed by atoms with E-state index in [2.05, 4.69) is 12.2 Å². The smallest absolute Gasteiger partial charge is 0.335 e. The van der Waals surface area contributed by atoms with Gasteiger partial charge < -0.3 is 10.4 Å². The zero-order valence-electron chi connectivity index (χ0n) is 12.5. The molecule has 0 heterocycles. The molecule has 0 atom stereocenters. The van der Waals surface area contributed by atoms with Gasteiger partial charge in [0.05, 0.1) is 5.56 Å². The summed E-state index contributed by atoms with van der Waals surface area (Å²) in [6, 6.07) is 6.87. The van der Waals surface area contributed by atoms with Crippen molar-refractivity contribution in [3.05, 3.63) is 35.4 Å². The van der Waals surface area contributed by atoms with Gasteiger partial charge in [-0.15, -0.1) is 0 Å². The third kappa shape index (κ3) is 4.31. The SMILES string of the molecule is CC1(NC(=O)CCc2ccccc2C(=O)O)CCCCC1. The van der Waals surface area contributed by atoms with Gasteiger partial charge in [-0.1, -0.05) is 37.5 Å². The average Bonchev–Trinajstić information content (AvgIpc) is 2.45. The molecule has 1 aromatic carbocycles. The van der Waals surface area contributed by atoms with Gasteiger partial charge >= 0.3 is 5.97 Å². The number of aromatic carboxylic acids is 1. The summed E-state index contributed by atoms with van der Waals surface area (Å²) < 4.78 is 0. The van der Waals surface area contributed by atoms with E-state index >= 15 is 0 Å². The molecule has 0 bridgehead atoms. The largest absolute Gasteiger partial charge is 0.478 e. The lowest BCUT2D eigenvalue weighted by Gasteiger charge is -2.34. The summed E-state index contributed by atoms with van der Waals surface area (Å²) in [5.74, 6) is -0.926. The Bertz CT molecular complexity index is 519. The predicted octanol–water partition coefficient (Wildman–Crippen LogP) is 3.16. The van der Waals surface area contributed by atoms with Gasteiger partial charge in [0, 0.05) is 12.0 Å². The quantitative estimate of drug-likeness (QED) is 0.875. The summed E-state index contributed by atoms with van der Waals surface area (Å²) in [7, 11) is 0. The van der Waals surface area contributed by atoms with Crippen LogP contribution in [0.15, 0.2) is 24.3 Å². The first kappa shape index (κ1) is 15.5. The first-order chi connectivity index (χ1) is 10.0. The van der Waals surface area contributed by atoms with E-state index < -0.39 is 5.97 Å². The highest BCUT2D eigenvalue weighted by atomic mass is 16.4. The molecule has 0 radical (unpaired) electrons. The molecule has 1 aliphatic carbocycles. The Kier molecular flexibility index (Phi) is 4.99. The minimum Gasteiger partial charge on any atom is -0.478 e. The van der Waals surface area contributed by atoms with Crippen molar-refractivity contribution in [2.45, 2.75) is 57.4 Å². The van der Waals surface area contributed by atoms with Gasteiger partial charge in [0.2, 0.25) is 5.91 Å². The zero-order valence-corrected chi connectivity index (χ0v) is 12.5. The maximum atomic E-state index is 12.1. The molecular weight excluding hydrogens is 266 g/mol. The number of amides is 1. The van der Waals surface area contributed by atoms with Crippen LogP contribution >= 0.6 is 0 Å². The van der Waals surface area contributed by atoms with E-state index in [-0.39, 0.29) is 17.0 Å². The molecular formula is C17H23NO3. The van der Waals surface area contributed by atoms with Gasteiger partial charge in [0.1, 0.15) is 0 Å². The van der Waals surface area contributed by atoms with Gasteiger partial charge in [0.25, 0.3) is 0 Å². The molecule has 1 aromatic rings.